The zero-order valence-corrected chi connectivity index (χ0v) is 7.90. The van der Waals surface area contributed by atoms with E-state index in [4.69, 9.17) is 5.11 Å². The van der Waals surface area contributed by atoms with Crippen LogP contribution in [0.1, 0.15) is 30.8 Å². The first-order chi connectivity index (χ1) is 6.11. The van der Waals surface area contributed by atoms with E-state index in [9.17, 15) is 4.79 Å². The number of carbonyl (C=O) groups is 1. The fourth-order valence-corrected chi connectivity index (χ4v) is 1.07. The lowest BCUT2D eigenvalue weighted by Gasteiger charge is -2.06. The normalized spacial score (nSPS) is 10.7. The molecule has 0 saturated carbocycles. The summed E-state index contributed by atoms with van der Waals surface area (Å²) in [5.74, 6) is -0.355. The second-order valence-corrected chi connectivity index (χ2v) is 3.43. The van der Waals surface area contributed by atoms with Gasteiger partial charge in [-0.3, -0.25) is 4.68 Å². The predicted octanol–water partition coefficient (Wildman–Crippen LogP) is 1.63. The minimum atomic E-state index is -0.916. The van der Waals surface area contributed by atoms with Gasteiger partial charge >= 0.3 is 5.97 Å². The lowest BCUT2D eigenvalue weighted by Crippen LogP contribution is -2.11. The molecule has 0 bridgehead atoms. The van der Waals surface area contributed by atoms with Crippen molar-refractivity contribution in [3.63, 3.8) is 0 Å². The standard InChI is InChI=1S/C9H14N2O2/c1-7(2)4-6-11-8(9(12)13)3-5-10-11/h3,5,7H,4,6H2,1-2H3,(H,12,13). The maximum absolute atomic E-state index is 10.7. The van der Waals surface area contributed by atoms with Crippen LogP contribution in [0.5, 0.6) is 0 Å². The van der Waals surface area contributed by atoms with Crippen LogP contribution in [0.25, 0.3) is 0 Å². The Morgan fingerprint density at radius 3 is 2.92 bits per heavy atom. The minimum Gasteiger partial charge on any atom is -0.477 e. The number of aromatic carboxylic acids is 1. The van der Waals surface area contributed by atoms with Crippen LogP contribution in [0, 0.1) is 5.92 Å². The van der Waals surface area contributed by atoms with Gasteiger partial charge < -0.3 is 5.11 Å². The van der Waals surface area contributed by atoms with E-state index in [2.05, 4.69) is 18.9 Å². The number of aryl methyl sites for hydroxylation is 1. The first kappa shape index (κ1) is 9.77. The van der Waals surface area contributed by atoms with Crippen molar-refractivity contribution in [3.05, 3.63) is 18.0 Å². The summed E-state index contributed by atoms with van der Waals surface area (Å²) in [5.41, 5.74) is 0.264. The van der Waals surface area contributed by atoms with Crippen molar-refractivity contribution in [1.82, 2.24) is 9.78 Å². The van der Waals surface area contributed by atoms with E-state index in [1.54, 1.807) is 0 Å². The van der Waals surface area contributed by atoms with E-state index in [-0.39, 0.29) is 5.69 Å². The molecular formula is C9H14N2O2. The fourth-order valence-electron chi connectivity index (χ4n) is 1.07. The molecule has 0 aliphatic carbocycles. The van der Waals surface area contributed by atoms with Gasteiger partial charge in [0.2, 0.25) is 0 Å². The number of hydrogen-bond donors (Lipinski definition) is 1. The quantitative estimate of drug-likeness (QED) is 0.769. The first-order valence-corrected chi connectivity index (χ1v) is 4.36. The first-order valence-electron chi connectivity index (χ1n) is 4.36. The molecule has 13 heavy (non-hydrogen) atoms. The third kappa shape index (κ3) is 2.57. The summed E-state index contributed by atoms with van der Waals surface area (Å²) >= 11 is 0. The van der Waals surface area contributed by atoms with Gasteiger partial charge in [-0.15, -0.1) is 0 Å². The molecule has 0 atom stereocenters. The topological polar surface area (TPSA) is 55.1 Å². The summed E-state index contributed by atoms with van der Waals surface area (Å²) in [6.07, 6.45) is 2.46. The maximum Gasteiger partial charge on any atom is 0.354 e. The smallest absolute Gasteiger partial charge is 0.354 e. The van der Waals surface area contributed by atoms with Gasteiger partial charge in [0.1, 0.15) is 5.69 Å². The molecule has 1 heterocycles. The number of hydrogen-bond acceptors (Lipinski definition) is 2. The number of carboxylic acids is 1. The van der Waals surface area contributed by atoms with E-state index in [0.29, 0.717) is 12.5 Å². The summed E-state index contributed by atoms with van der Waals surface area (Å²) in [7, 11) is 0. The second-order valence-electron chi connectivity index (χ2n) is 3.43. The highest BCUT2D eigenvalue weighted by Gasteiger charge is 2.09. The molecular weight excluding hydrogens is 168 g/mol. The molecule has 0 aliphatic rings. The van der Waals surface area contributed by atoms with E-state index >= 15 is 0 Å². The van der Waals surface area contributed by atoms with Crippen LogP contribution < -0.4 is 0 Å². The van der Waals surface area contributed by atoms with Crippen molar-refractivity contribution in [3.8, 4) is 0 Å². The third-order valence-corrected chi connectivity index (χ3v) is 1.85. The molecule has 0 fully saturated rings. The maximum atomic E-state index is 10.7. The molecule has 0 radical (unpaired) electrons. The van der Waals surface area contributed by atoms with Crippen molar-refractivity contribution in [2.24, 2.45) is 5.92 Å². The van der Waals surface area contributed by atoms with E-state index < -0.39 is 5.97 Å². The van der Waals surface area contributed by atoms with Crippen molar-refractivity contribution in [2.75, 3.05) is 0 Å². The number of rotatable bonds is 4. The largest absolute Gasteiger partial charge is 0.477 e. The Hall–Kier alpha value is -1.32. The van der Waals surface area contributed by atoms with Gasteiger partial charge in [-0.25, -0.2) is 4.79 Å². The molecule has 1 aromatic rings. The van der Waals surface area contributed by atoms with Crippen molar-refractivity contribution < 1.29 is 9.90 Å². The van der Waals surface area contributed by atoms with Gasteiger partial charge in [0, 0.05) is 12.7 Å². The molecule has 1 aromatic heterocycles. The Balaban J connectivity index is 2.65. The summed E-state index contributed by atoms with van der Waals surface area (Å²) in [5, 5.41) is 12.7. The van der Waals surface area contributed by atoms with E-state index in [0.717, 1.165) is 6.42 Å². The SMILES string of the molecule is CC(C)CCn1nccc1C(=O)O. The van der Waals surface area contributed by atoms with Crippen LogP contribution in [-0.2, 0) is 6.54 Å². The Kier molecular flexibility index (Phi) is 3.06. The van der Waals surface area contributed by atoms with Crippen LogP contribution in [0.15, 0.2) is 12.3 Å². The molecule has 0 amide bonds. The summed E-state index contributed by atoms with van der Waals surface area (Å²) < 4.78 is 1.53. The Morgan fingerprint density at radius 2 is 2.38 bits per heavy atom. The van der Waals surface area contributed by atoms with Crippen LogP contribution in [0.4, 0.5) is 0 Å². The highest BCUT2D eigenvalue weighted by atomic mass is 16.4. The Labute approximate surface area is 77.2 Å². The zero-order chi connectivity index (χ0) is 9.84. The van der Waals surface area contributed by atoms with E-state index in [1.165, 1.54) is 16.9 Å². The molecule has 4 nitrogen and oxygen atoms in total. The lowest BCUT2D eigenvalue weighted by molar-refractivity contribution is 0.0682. The molecule has 4 heteroatoms. The molecule has 72 valence electrons. The Morgan fingerprint density at radius 1 is 1.69 bits per heavy atom. The zero-order valence-electron chi connectivity index (χ0n) is 7.90. The predicted molar refractivity (Wildman–Crippen MR) is 48.6 cm³/mol. The minimum absolute atomic E-state index is 0.264. The van der Waals surface area contributed by atoms with Gasteiger partial charge in [0.05, 0.1) is 0 Å². The lowest BCUT2D eigenvalue weighted by atomic mass is 10.1. The monoisotopic (exact) mass is 182 g/mol. The summed E-state index contributed by atoms with van der Waals surface area (Å²) in [6, 6.07) is 1.52. The fraction of sp³-hybridized carbons (Fsp3) is 0.556. The van der Waals surface area contributed by atoms with Crippen molar-refractivity contribution in [2.45, 2.75) is 26.8 Å². The second kappa shape index (κ2) is 4.07. The molecule has 0 spiro atoms. The number of nitrogens with zero attached hydrogens (tertiary/aromatic N) is 2. The molecule has 1 rings (SSSR count). The van der Waals surface area contributed by atoms with Gasteiger partial charge in [-0.2, -0.15) is 5.10 Å². The number of carboxylic acid groups (broad SMARTS) is 1. The molecule has 0 aliphatic heterocycles. The van der Waals surface area contributed by atoms with Crippen molar-refractivity contribution in [1.29, 1.82) is 0 Å². The Bertz CT molecular complexity index is 292. The van der Waals surface area contributed by atoms with Crippen LogP contribution in [0.2, 0.25) is 0 Å². The average molecular weight is 182 g/mol. The summed E-state index contributed by atoms with van der Waals surface area (Å²) in [4.78, 5) is 10.7. The highest BCUT2D eigenvalue weighted by Crippen LogP contribution is 2.05. The van der Waals surface area contributed by atoms with Crippen molar-refractivity contribution >= 4 is 5.97 Å². The van der Waals surface area contributed by atoms with Gasteiger partial charge in [0.15, 0.2) is 0 Å². The van der Waals surface area contributed by atoms with Crippen LogP contribution >= 0.6 is 0 Å². The molecule has 0 unspecified atom stereocenters. The molecule has 0 aromatic carbocycles. The van der Waals surface area contributed by atoms with Gasteiger partial charge in [0.25, 0.3) is 0 Å². The highest BCUT2D eigenvalue weighted by molar-refractivity contribution is 5.85. The molecule has 1 N–H and O–H groups in total. The van der Waals surface area contributed by atoms with E-state index in [1.807, 2.05) is 0 Å². The van der Waals surface area contributed by atoms with Crippen LogP contribution in [-0.4, -0.2) is 20.9 Å². The van der Waals surface area contributed by atoms with Gasteiger partial charge in [-0.05, 0) is 18.4 Å². The third-order valence-electron chi connectivity index (χ3n) is 1.85. The average Bonchev–Trinajstić information content (AvgIpc) is 2.47. The summed E-state index contributed by atoms with van der Waals surface area (Å²) in [6.45, 7) is 4.88. The molecule has 0 saturated heterocycles. The van der Waals surface area contributed by atoms with Gasteiger partial charge in [-0.1, -0.05) is 13.8 Å². The number of aromatic nitrogens is 2. The van der Waals surface area contributed by atoms with Crippen LogP contribution in [0.3, 0.4) is 0 Å².